The normalized spacial score (nSPS) is 9.83. The molecule has 0 saturated heterocycles. The van der Waals surface area contributed by atoms with E-state index in [0.29, 0.717) is 12.2 Å². The molecule has 0 bridgehead atoms. The third kappa shape index (κ3) is 1.87. The molecule has 0 heterocycles. The van der Waals surface area contributed by atoms with E-state index < -0.39 is 6.67 Å². The van der Waals surface area contributed by atoms with Gasteiger partial charge in [0.25, 0.3) is 0 Å². The van der Waals surface area contributed by atoms with Crippen LogP contribution >= 0.6 is 0 Å². The molecule has 0 fully saturated rings. The fraction of sp³-hybridized carbons (Fsp3) is 0.333. The molecule has 3 heteroatoms. The summed E-state index contributed by atoms with van der Waals surface area (Å²) >= 11 is 0. The van der Waals surface area contributed by atoms with E-state index >= 15 is 0 Å². The van der Waals surface area contributed by atoms with Crippen molar-refractivity contribution in [2.75, 3.05) is 25.2 Å². The second-order valence-electron chi connectivity index (χ2n) is 2.60. The summed E-state index contributed by atoms with van der Waals surface area (Å²) in [5.74, 6) is 0.188. The van der Waals surface area contributed by atoms with Crippen molar-refractivity contribution in [1.29, 1.82) is 0 Å². The average molecular weight is 169 g/mol. The van der Waals surface area contributed by atoms with Crippen LogP contribution in [0.1, 0.15) is 0 Å². The molecule has 0 aliphatic heterocycles. The van der Waals surface area contributed by atoms with Gasteiger partial charge in [-0.1, -0.05) is 12.1 Å². The molecule has 12 heavy (non-hydrogen) atoms. The number of phenols is 1. The number of phenolic OH excluding ortho intramolecular Hbond substituents is 1. The number of aromatic hydroxyl groups is 1. The molecule has 0 aliphatic carbocycles. The number of anilines is 1. The highest BCUT2D eigenvalue weighted by Crippen LogP contribution is 2.24. The first-order valence-electron chi connectivity index (χ1n) is 3.81. The van der Waals surface area contributed by atoms with Gasteiger partial charge in [0.2, 0.25) is 0 Å². The Morgan fingerprint density at radius 2 is 2.08 bits per heavy atom. The van der Waals surface area contributed by atoms with Gasteiger partial charge >= 0.3 is 0 Å². The summed E-state index contributed by atoms with van der Waals surface area (Å²) in [7, 11) is 1.74. The zero-order chi connectivity index (χ0) is 8.97. The molecule has 0 unspecified atom stereocenters. The van der Waals surface area contributed by atoms with Gasteiger partial charge in [-0.2, -0.15) is 0 Å². The molecule has 1 N–H and O–H groups in total. The molecule has 66 valence electrons. The Hall–Kier alpha value is -1.25. The van der Waals surface area contributed by atoms with Gasteiger partial charge in [0.05, 0.1) is 5.69 Å². The molecule has 0 atom stereocenters. The molecule has 0 saturated carbocycles. The Balaban J connectivity index is 2.79. The molecule has 0 aliphatic rings. The predicted molar refractivity (Wildman–Crippen MR) is 47.4 cm³/mol. The lowest BCUT2D eigenvalue weighted by Gasteiger charge is -2.18. The van der Waals surface area contributed by atoms with Crippen molar-refractivity contribution in [3.8, 4) is 5.75 Å². The average Bonchev–Trinajstić information content (AvgIpc) is 2.05. The summed E-state index contributed by atoms with van der Waals surface area (Å²) in [5.41, 5.74) is 0.662. The predicted octanol–water partition coefficient (Wildman–Crippen LogP) is 1.80. The van der Waals surface area contributed by atoms with Gasteiger partial charge in [0.15, 0.2) is 0 Å². The standard InChI is InChI=1S/C9H12FNO/c1-11(7-6-10)8-4-2-3-5-9(8)12/h2-5,12H,6-7H2,1H3. The maximum absolute atomic E-state index is 11.9. The Labute approximate surface area is 71.2 Å². The van der Waals surface area contributed by atoms with Crippen LogP contribution in [0.2, 0.25) is 0 Å². The summed E-state index contributed by atoms with van der Waals surface area (Å²) in [5, 5.41) is 9.34. The molecular weight excluding hydrogens is 157 g/mol. The molecular formula is C9H12FNO. The van der Waals surface area contributed by atoms with Crippen molar-refractivity contribution in [1.82, 2.24) is 0 Å². The van der Waals surface area contributed by atoms with Gasteiger partial charge in [-0.3, -0.25) is 0 Å². The van der Waals surface area contributed by atoms with Gasteiger partial charge in [0, 0.05) is 13.6 Å². The van der Waals surface area contributed by atoms with Crippen LogP contribution in [0.3, 0.4) is 0 Å². The number of halogens is 1. The first-order valence-corrected chi connectivity index (χ1v) is 3.81. The van der Waals surface area contributed by atoms with E-state index in [0.717, 1.165) is 0 Å². The summed E-state index contributed by atoms with van der Waals surface area (Å²) < 4.78 is 11.9. The quantitative estimate of drug-likeness (QED) is 0.745. The van der Waals surface area contributed by atoms with Crippen LogP contribution in [-0.4, -0.2) is 25.4 Å². The van der Waals surface area contributed by atoms with Crippen molar-refractivity contribution in [3.63, 3.8) is 0 Å². The number of alkyl halides is 1. The minimum Gasteiger partial charge on any atom is -0.506 e. The molecule has 1 aromatic rings. The van der Waals surface area contributed by atoms with Crippen molar-refractivity contribution in [2.24, 2.45) is 0 Å². The number of hydrogen-bond donors (Lipinski definition) is 1. The van der Waals surface area contributed by atoms with Crippen LogP contribution in [0.25, 0.3) is 0 Å². The molecule has 1 aromatic carbocycles. The number of rotatable bonds is 3. The lowest BCUT2D eigenvalue weighted by Crippen LogP contribution is -2.19. The van der Waals surface area contributed by atoms with E-state index in [2.05, 4.69) is 0 Å². The van der Waals surface area contributed by atoms with Crippen molar-refractivity contribution < 1.29 is 9.50 Å². The minimum atomic E-state index is -0.412. The SMILES string of the molecule is CN(CCF)c1ccccc1O. The van der Waals surface area contributed by atoms with Crippen LogP contribution in [0.5, 0.6) is 5.75 Å². The molecule has 0 radical (unpaired) electrons. The van der Waals surface area contributed by atoms with Crippen LogP contribution in [0.15, 0.2) is 24.3 Å². The number of benzene rings is 1. The monoisotopic (exact) mass is 169 g/mol. The first kappa shape index (κ1) is 8.84. The van der Waals surface area contributed by atoms with E-state index in [-0.39, 0.29) is 5.75 Å². The second-order valence-corrected chi connectivity index (χ2v) is 2.60. The molecule has 0 aromatic heterocycles. The third-order valence-corrected chi connectivity index (χ3v) is 1.71. The van der Waals surface area contributed by atoms with Gasteiger partial charge < -0.3 is 10.0 Å². The van der Waals surface area contributed by atoms with Crippen LogP contribution < -0.4 is 4.90 Å². The smallest absolute Gasteiger partial charge is 0.138 e. The van der Waals surface area contributed by atoms with Crippen molar-refractivity contribution >= 4 is 5.69 Å². The van der Waals surface area contributed by atoms with Gasteiger partial charge in [0.1, 0.15) is 12.4 Å². The van der Waals surface area contributed by atoms with Crippen LogP contribution in [0.4, 0.5) is 10.1 Å². The van der Waals surface area contributed by atoms with E-state index in [4.69, 9.17) is 0 Å². The molecule has 1 rings (SSSR count). The maximum atomic E-state index is 11.9. The topological polar surface area (TPSA) is 23.5 Å². The lowest BCUT2D eigenvalue weighted by atomic mass is 10.3. The van der Waals surface area contributed by atoms with Crippen LogP contribution in [0, 0.1) is 0 Å². The highest BCUT2D eigenvalue weighted by Gasteiger charge is 2.03. The molecule has 0 amide bonds. The summed E-state index contributed by atoms with van der Waals surface area (Å²) in [6, 6.07) is 6.89. The Morgan fingerprint density at radius 1 is 1.42 bits per heavy atom. The summed E-state index contributed by atoms with van der Waals surface area (Å²) in [6.07, 6.45) is 0. The van der Waals surface area contributed by atoms with E-state index in [1.807, 2.05) is 6.07 Å². The van der Waals surface area contributed by atoms with Crippen molar-refractivity contribution in [2.45, 2.75) is 0 Å². The molecule has 0 spiro atoms. The summed E-state index contributed by atoms with van der Waals surface area (Å²) in [4.78, 5) is 1.68. The third-order valence-electron chi connectivity index (χ3n) is 1.71. The first-order chi connectivity index (χ1) is 5.75. The fourth-order valence-corrected chi connectivity index (χ4v) is 1.03. The van der Waals surface area contributed by atoms with E-state index in [1.54, 1.807) is 30.1 Å². The number of nitrogens with zero attached hydrogens (tertiary/aromatic N) is 1. The number of hydrogen-bond acceptors (Lipinski definition) is 2. The zero-order valence-corrected chi connectivity index (χ0v) is 7.00. The lowest BCUT2D eigenvalue weighted by molar-refractivity contribution is 0.469. The van der Waals surface area contributed by atoms with Gasteiger partial charge in [-0.25, -0.2) is 4.39 Å². The largest absolute Gasteiger partial charge is 0.506 e. The minimum absolute atomic E-state index is 0.188. The Bertz CT molecular complexity index is 252. The zero-order valence-electron chi connectivity index (χ0n) is 7.00. The van der Waals surface area contributed by atoms with Crippen LogP contribution in [-0.2, 0) is 0 Å². The highest BCUT2D eigenvalue weighted by atomic mass is 19.1. The summed E-state index contributed by atoms with van der Waals surface area (Å²) in [6.45, 7) is -0.109. The maximum Gasteiger partial charge on any atom is 0.138 e. The van der Waals surface area contributed by atoms with E-state index in [1.165, 1.54) is 0 Å². The van der Waals surface area contributed by atoms with Crippen molar-refractivity contribution in [3.05, 3.63) is 24.3 Å². The highest BCUT2D eigenvalue weighted by molar-refractivity contribution is 5.56. The van der Waals surface area contributed by atoms with Gasteiger partial charge in [-0.05, 0) is 12.1 Å². The second kappa shape index (κ2) is 3.95. The van der Waals surface area contributed by atoms with Gasteiger partial charge in [-0.15, -0.1) is 0 Å². The molecule has 2 nitrogen and oxygen atoms in total. The Kier molecular flexibility index (Phi) is 2.91. The van der Waals surface area contributed by atoms with E-state index in [9.17, 15) is 9.50 Å². The number of para-hydroxylation sites is 2. The Morgan fingerprint density at radius 3 is 2.67 bits per heavy atom. The fourth-order valence-electron chi connectivity index (χ4n) is 1.03.